The molecule has 0 radical (unpaired) electrons. The Kier molecular flexibility index (Phi) is 5.94. The zero-order valence-electron chi connectivity index (χ0n) is 11.7. The minimum Gasteiger partial charge on any atom is -0.320 e. The number of likely N-dealkylation sites (tertiary alicyclic amines) is 1. The molecule has 0 aromatic heterocycles. The molecule has 102 valence electrons. The van der Waals surface area contributed by atoms with Crippen molar-refractivity contribution in [3.8, 4) is 11.8 Å². The van der Waals surface area contributed by atoms with E-state index in [1.54, 1.807) is 0 Å². The van der Waals surface area contributed by atoms with Gasteiger partial charge in [-0.3, -0.25) is 4.90 Å². The van der Waals surface area contributed by atoms with Crippen LogP contribution in [0.5, 0.6) is 0 Å². The molecule has 1 aliphatic rings. The van der Waals surface area contributed by atoms with E-state index < -0.39 is 0 Å². The van der Waals surface area contributed by atoms with Gasteiger partial charge < -0.3 is 5.73 Å². The van der Waals surface area contributed by atoms with Gasteiger partial charge in [-0.05, 0) is 43.6 Å². The number of hydrogen-bond donors (Lipinski definition) is 1. The van der Waals surface area contributed by atoms with Gasteiger partial charge in [-0.15, -0.1) is 0 Å². The Hall–Kier alpha value is -1.30. The Morgan fingerprint density at radius 1 is 0.947 bits per heavy atom. The molecule has 1 saturated heterocycles. The third-order valence-corrected chi connectivity index (χ3v) is 3.64. The van der Waals surface area contributed by atoms with Gasteiger partial charge in [0.1, 0.15) is 0 Å². The van der Waals surface area contributed by atoms with Crippen LogP contribution in [0, 0.1) is 11.8 Å². The molecule has 0 spiro atoms. The average Bonchev–Trinajstić information content (AvgIpc) is 2.41. The molecule has 1 heterocycles. The first-order valence-electron chi connectivity index (χ1n) is 7.39. The topological polar surface area (TPSA) is 29.3 Å². The van der Waals surface area contributed by atoms with Crippen LogP contribution in [0.4, 0.5) is 0 Å². The monoisotopic (exact) mass is 256 g/mol. The summed E-state index contributed by atoms with van der Waals surface area (Å²) < 4.78 is 0. The SMILES string of the molecule is NCC#Cc1ccc(CN2CCCCCCC2)cc1. The van der Waals surface area contributed by atoms with Crippen molar-refractivity contribution in [1.82, 2.24) is 4.90 Å². The van der Waals surface area contributed by atoms with E-state index >= 15 is 0 Å². The van der Waals surface area contributed by atoms with E-state index in [-0.39, 0.29) is 0 Å². The lowest BCUT2D eigenvalue weighted by atomic mass is 10.1. The second kappa shape index (κ2) is 7.99. The van der Waals surface area contributed by atoms with E-state index in [4.69, 9.17) is 5.73 Å². The summed E-state index contributed by atoms with van der Waals surface area (Å²) in [5, 5.41) is 0. The highest BCUT2D eigenvalue weighted by atomic mass is 15.1. The van der Waals surface area contributed by atoms with E-state index in [0.717, 1.165) is 12.1 Å². The summed E-state index contributed by atoms with van der Waals surface area (Å²) in [6.45, 7) is 3.99. The van der Waals surface area contributed by atoms with Crippen LogP contribution in [0.15, 0.2) is 24.3 Å². The largest absolute Gasteiger partial charge is 0.320 e. The maximum atomic E-state index is 5.38. The molecule has 1 fully saturated rings. The van der Waals surface area contributed by atoms with Crippen LogP contribution in [0.25, 0.3) is 0 Å². The predicted molar refractivity (Wildman–Crippen MR) is 80.7 cm³/mol. The highest BCUT2D eigenvalue weighted by Gasteiger charge is 2.08. The fourth-order valence-corrected chi connectivity index (χ4v) is 2.58. The number of nitrogens with two attached hydrogens (primary N) is 1. The number of hydrogen-bond acceptors (Lipinski definition) is 2. The summed E-state index contributed by atoms with van der Waals surface area (Å²) in [7, 11) is 0. The molecule has 2 heteroatoms. The quantitative estimate of drug-likeness (QED) is 0.824. The Bertz CT molecular complexity index is 417. The number of benzene rings is 1. The Morgan fingerprint density at radius 2 is 1.58 bits per heavy atom. The van der Waals surface area contributed by atoms with Crippen molar-refractivity contribution >= 4 is 0 Å². The maximum Gasteiger partial charge on any atom is 0.0555 e. The van der Waals surface area contributed by atoms with Crippen LogP contribution in [0.2, 0.25) is 0 Å². The molecule has 19 heavy (non-hydrogen) atoms. The molecular weight excluding hydrogens is 232 g/mol. The number of rotatable bonds is 2. The van der Waals surface area contributed by atoms with Crippen molar-refractivity contribution < 1.29 is 0 Å². The van der Waals surface area contributed by atoms with Gasteiger partial charge in [0.05, 0.1) is 6.54 Å². The first-order valence-corrected chi connectivity index (χ1v) is 7.39. The van der Waals surface area contributed by atoms with Crippen LogP contribution >= 0.6 is 0 Å². The molecule has 1 aromatic rings. The minimum absolute atomic E-state index is 0.426. The standard InChI is InChI=1S/C17H24N2/c18-12-6-7-16-8-10-17(11-9-16)15-19-13-4-2-1-3-5-14-19/h8-11H,1-5,12-15,18H2. The summed E-state index contributed by atoms with van der Waals surface area (Å²) in [6.07, 6.45) is 6.90. The fourth-order valence-electron chi connectivity index (χ4n) is 2.58. The van der Waals surface area contributed by atoms with E-state index in [2.05, 4.69) is 41.0 Å². The van der Waals surface area contributed by atoms with Crippen molar-refractivity contribution in [2.24, 2.45) is 5.73 Å². The van der Waals surface area contributed by atoms with Crippen molar-refractivity contribution in [1.29, 1.82) is 0 Å². The zero-order chi connectivity index (χ0) is 13.3. The minimum atomic E-state index is 0.426. The Labute approximate surface area is 117 Å². The predicted octanol–water partition coefficient (Wildman–Crippen LogP) is 2.76. The Balaban J connectivity index is 1.90. The van der Waals surface area contributed by atoms with Gasteiger partial charge in [0, 0.05) is 12.1 Å². The smallest absolute Gasteiger partial charge is 0.0555 e. The molecule has 0 saturated carbocycles. The van der Waals surface area contributed by atoms with Crippen molar-refractivity contribution in [2.75, 3.05) is 19.6 Å². The van der Waals surface area contributed by atoms with E-state index in [0.29, 0.717) is 6.54 Å². The summed E-state index contributed by atoms with van der Waals surface area (Å²) >= 11 is 0. The second-order valence-corrected chi connectivity index (χ2v) is 5.25. The first kappa shape index (κ1) is 14.1. The third-order valence-electron chi connectivity index (χ3n) is 3.64. The average molecular weight is 256 g/mol. The molecule has 2 rings (SSSR count). The molecule has 0 atom stereocenters. The third kappa shape index (κ3) is 5.06. The number of nitrogens with zero attached hydrogens (tertiary/aromatic N) is 1. The molecule has 1 aliphatic heterocycles. The molecule has 0 unspecified atom stereocenters. The molecule has 1 aromatic carbocycles. The van der Waals surface area contributed by atoms with Crippen molar-refractivity contribution in [3.05, 3.63) is 35.4 Å². The van der Waals surface area contributed by atoms with Crippen LogP contribution < -0.4 is 5.73 Å². The molecule has 0 aliphatic carbocycles. The van der Waals surface area contributed by atoms with Gasteiger partial charge >= 0.3 is 0 Å². The van der Waals surface area contributed by atoms with Crippen LogP contribution in [-0.4, -0.2) is 24.5 Å². The van der Waals surface area contributed by atoms with Crippen molar-refractivity contribution in [3.63, 3.8) is 0 Å². The molecule has 2 N–H and O–H groups in total. The van der Waals surface area contributed by atoms with Gasteiger partial charge in [-0.25, -0.2) is 0 Å². The lowest BCUT2D eigenvalue weighted by molar-refractivity contribution is 0.240. The lowest BCUT2D eigenvalue weighted by Crippen LogP contribution is -2.26. The van der Waals surface area contributed by atoms with Crippen LogP contribution in [-0.2, 0) is 6.54 Å². The zero-order valence-corrected chi connectivity index (χ0v) is 11.7. The van der Waals surface area contributed by atoms with Gasteiger partial charge in [0.15, 0.2) is 0 Å². The van der Waals surface area contributed by atoms with E-state index in [1.165, 1.54) is 50.8 Å². The Morgan fingerprint density at radius 3 is 2.21 bits per heavy atom. The molecule has 2 nitrogen and oxygen atoms in total. The highest BCUT2D eigenvalue weighted by Crippen LogP contribution is 2.13. The summed E-state index contributed by atoms with van der Waals surface area (Å²) in [5.41, 5.74) is 7.82. The lowest BCUT2D eigenvalue weighted by Gasteiger charge is -2.24. The fraction of sp³-hybridized carbons (Fsp3) is 0.529. The molecule has 0 bridgehead atoms. The maximum absolute atomic E-state index is 5.38. The molecular formula is C17H24N2. The van der Waals surface area contributed by atoms with Gasteiger partial charge in [0.2, 0.25) is 0 Å². The summed E-state index contributed by atoms with van der Waals surface area (Å²) in [6, 6.07) is 8.59. The first-order chi connectivity index (χ1) is 9.38. The van der Waals surface area contributed by atoms with Gasteiger partial charge in [0.25, 0.3) is 0 Å². The van der Waals surface area contributed by atoms with Gasteiger partial charge in [-0.2, -0.15) is 0 Å². The second-order valence-electron chi connectivity index (χ2n) is 5.25. The van der Waals surface area contributed by atoms with Crippen LogP contribution in [0.1, 0.15) is 43.2 Å². The highest BCUT2D eigenvalue weighted by molar-refractivity contribution is 5.36. The summed E-state index contributed by atoms with van der Waals surface area (Å²) in [5.74, 6) is 5.95. The van der Waals surface area contributed by atoms with E-state index in [9.17, 15) is 0 Å². The summed E-state index contributed by atoms with van der Waals surface area (Å²) in [4.78, 5) is 2.58. The van der Waals surface area contributed by atoms with Crippen LogP contribution in [0.3, 0.4) is 0 Å². The van der Waals surface area contributed by atoms with Gasteiger partial charge in [-0.1, -0.05) is 43.2 Å². The van der Waals surface area contributed by atoms with Crippen molar-refractivity contribution in [2.45, 2.75) is 38.6 Å². The normalized spacial score (nSPS) is 17.1. The van der Waals surface area contributed by atoms with E-state index in [1.807, 2.05) is 0 Å². The molecule has 0 amide bonds.